The van der Waals surface area contributed by atoms with Crippen molar-refractivity contribution in [3.8, 4) is 5.75 Å². The first-order valence-electron chi connectivity index (χ1n) is 6.27. The van der Waals surface area contributed by atoms with E-state index in [0.717, 1.165) is 24.0 Å². The third kappa shape index (κ3) is 2.38. The maximum atomic E-state index is 13.8. The summed E-state index contributed by atoms with van der Waals surface area (Å²) >= 11 is 3.06. The van der Waals surface area contributed by atoms with Crippen LogP contribution >= 0.6 is 15.9 Å². The van der Waals surface area contributed by atoms with E-state index in [9.17, 15) is 13.9 Å². The predicted molar refractivity (Wildman–Crippen MR) is 76.8 cm³/mol. The molecule has 20 heavy (non-hydrogen) atoms. The standard InChI is InChI=1S/C15H12BrF2NO/c16-9-6-12(17)15(13(18)7-9)19-14-4-1-8-5-10(20)2-3-11(8)14/h2-3,5-7,14,19-20H,1,4H2. The second-order valence-corrected chi connectivity index (χ2v) is 5.78. The second kappa shape index (κ2) is 5.05. The fraction of sp³-hybridized carbons (Fsp3) is 0.200. The highest BCUT2D eigenvalue weighted by molar-refractivity contribution is 9.10. The summed E-state index contributed by atoms with van der Waals surface area (Å²) in [6.45, 7) is 0. The van der Waals surface area contributed by atoms with Gasteiger partial charge in [-0.25, -0.2) is 8.78 Å². The van der Waals surface area contributed by atoms with Gasteiger partial charge in [0.05, 0.1) is 6.04 Å². The van der Waals surface area contributed by atoms with Gasteiger partial charge in [0, 0.05) is 4.47 Å². The molecule has 2 aromatic rings. The van der Waals surface area contributed by atoms with E-state index in [0.29, 0.717) is 4.47 Å². The van der Waals surface area contributed by atoms with Gasteiger partial charge in [0.2, 0.25) is 0 Å². The van der Waals surface area contributed by atoms with Gasteiger partial charge in [-0.1, -0.05) is 22.0 Å². The average Bonchev–Trinajstić information content (AvgIpc) is 2.76. The molecule has 0 spiro atoms. The number of halogens is 3. The van der Waals surface area contributed by atoms with Crippen LogP contribution in [0.1, 0.15) is 23.6 Å². The number of nitrogens with one attached hydrogen (secondary N) is 1. The molecule has 3 rings (SSSR count). The Morgan fingerprint density at radius 3 is 2.55 bits per heavy atom. The molecule has 0 amide bonds. The second-order valence-electron chi connectivity index (χ2n) is 4.86. The van der Waals surface area contributed by atoms with Gasteiger partial charge in [0.1, 0.15) is 23.1 Å². The quantitative estimate of drug-likeness (QED) is 0.842. The monoisotopic (exact) mass is 339 g/mol. The summed E-state index contributed by atoms with van der Waals surface area (Å²) in [4.78, 5) is 0. The molecule has 1 atom stereocenters. The Hall–Kier alpha value is -1.62. The number of fused-ring (bicyclic) bond motifs is 1. The van der Waals surface area contributed by atoms with Crippen molar-refractivity contribution in [1.29, 1.82) is 0 Å². The van der Waals surface area contributed by atoms with E-state index in [2.05, 4.69) is 21.2 Å². The first kappa shape index (κ1) is 13.4. The Bertz CT molecular complexity index is 652. The number of aromatic hydroxyl groups is 1. The average molecular weight is 340 g/mol. The van der Waals surface area contributed by atoms with Gasteiger partial charge in [0.25, 0.3) is 0 Å². The Morgan fingerprint density at radius 2 is 1.85 bits per heavy atom. The van der Waals surface area contributed by atoms with E-state index < -0.39 is 11.6 Å². The number of rotatable bonds is 2. The van der Waals surface area contributed by atoms with Crippen LogP contribution in [0.15, 0.2) is 34.8 Å². The molecule has 0 aliphatic heterocycles. The summed E-state index contributed by atoms with van der Waals surface area (Å²) < 4.78 is 28.0. The van der Waals surface area contributed by atoms with E-state index in [4.69, 9.17) is 0 Å². The van der Waals surface area contributed by atoms with Crippen LogP contribution in [0.2, 0.25) is 0 Å². The first-order chi connectivity index (χ1) is 9.54. The lowest BCUT2D eigenvalue weighted by molar-refractivity contribution is 0.474. The number of phenols is 1. The van der Waals surface area contributed by atoms with E-state index in [1.54, 1.807) is 18.2 Å². The highest BCUT2D eigenvalue weighted by Crippen LogP contribution is 2.37. The van der Waals surface area contributed by atoms with Gasteiger partial charge in [-0.2, -0.15) is 0 Å². The Morgan fingerprint density at radius 1 is 1.15 bits per heavy atom. The van der Waals surface area contributed by atoms with Crippen molar-refractivity contribution in [3.63, 3.8) is 0 Å². The molecule has 0 saturated heterocycles. The normalized spacial score (nSPS) is 17.1. The molecule has 0 fully saturated rings. The van der Waals surface area contributed by atoms with Crippen LogP contribution in [-0.2, 0) is 6.42 Å². The van der Waals surface area contributed by atoms with Crippen LogP contribution in [-0.4, -0.2) is 5.11 Å². The molecule has 0 saturated carbocycles. The number of benzene rings is 2. The van der Waals surface area contributed by atoms with Gasteiger partial charge in [-0.3, -0.25) is 0 Å². The summed E-state index contributed by atoms with van der Waals surface area (Å²) in [6.07, 6.45) is 1.52. The van der Waals surface area contributed by atoms with E-state index >= 15 is 0 Å². The summed E-state index contributed by atoms with van der Waals surface area (Å²) in [7, 11) is 0. The van der Waals surface area contributed by atoms with Crippen molar-refractivity contribution in [2.45, 2.75) is 18.9 Å². The third-order valence-electron chi connectivity index (χ3n) is 3.53. The summed E-state index contributed by atoms with van der Waals surface area (Å²) in [6, 6.07) is 7.41. The summed E-state index contributed by atoms with van der Waals surface area (Å²) in [5, 5.41) is 12.4. The molecule has 0 heterocycles. The smallest absolute Gasteiger partial charge is 0.150 e. The zero-order chi connectivity index (χ0) is 14.3. The van der Waals surface area contributed by atoms with Crippen molar-refractivity contribution in [1.82, 2.24) is 0 Å². The summed E-state index contributed by atoms with van der Waals surface area (Å²) in [5.41, 5.74) is 1.88. The zero-order valence-electron chi connectivity index (χ0n) is 10.5. The number of anilines is 1. The van der Waals surface area contributed by atoms with Crippen LogP contribution < -0.4 is 5.32 Å². The lowest BCUT2D eigenvalue weighted by Gasteiger charge is -2.17. The van der Waals surface area contributed by atoms with E-state index in [1.807, 2.05) is 0 Å². The highest BCUT2D eigenvalue weighted by atomic mass is 79.9. The lowest BCUT2D eigenvalue weighted by atomic mass is 10.1. The minimum absolute atomic E-state index is 0.112. The highest BCUT2D eigenvalue weighted by Gasteiger charge is 2.24. The topological polar surface area (TPSA) is 32.3 Å². The van der Waals surface area contributed by atoms with Gasteiger partial charge >= 0.3 is 0 Å². The first-order valence-corrected chi connectivity index (χ1v) is 7.07. The molecule has 0 bridgehead atoms. The molecular formula is C15H12BrF2NO. The fourth-order valence-electron chi connectivity index (χ4n) is 2.61. The van der Waals surface area contributed by atoms with Gasteiger partial charge in [0.15, 0.2) is 0 Å². The Kier molecular flexibility index (Phi) is 3.38. The number of hydrogen-bond donors (Lipinski definition) is 2. The Balaban J connectivity index is 1.91. The van der Waals surface area contributed by atoms with Crippen molar-refractivity contribution < 1.29 is 13.9 Å². The van der Waals surface area contributed by atoms with Crippen molar-refractivity contribution in [2.75, 3.05) is 5.32 Å². The third-order valence-corrected chi connectivity index (χ3v) is 3.99. The fourth-order valence-corrected chi connectivity index (χ4v) is 3.01. The number of phenolic OH excluding ortho intramolecular Hbond substituents is 1. The molecule has 2 nitrogen and oxygen atoms in total. The van der Waals surface area contributed by atoms with E-state index in [-0.39, 0.29) is 17.5 Å². The largest absolute Gasteiger partial charge is 0.508 e. The number of hydrogen-bond acceptors (Lipinski definition) is 2. The van der Waals surface area contributed by atoms with Crippen LogP contribution in [0.3, 0.4) is 0 Å². The lowest BCUT2D eigenvalue weighted by Crippen LogP contribution is -2.10. The summed E-state index contributed by atoms with van der Waals surface area (Å²) in [5.74, 6) is -1.03. The minimum atomic E-state index is -0.621. The Labute approximate surface area is 123 Å². The molecule has 1 aliphatic carbocycles. The van der Waals surface area contributed by atoms with Crippen LogP contribution in [0, 0.1) is 11.6 Å². The predicted octanol–water partition coefficient (Wildman–Crippen LogP) is 4.53. The van der Waals surface area contributed by atoms with Crippen LogP contribution in [0.4, 0.5) is 14.5 Å². The SMILES string of the molecule is Oc1ccc2c(c1)CCC2Nc1c(F)cc(Br)cc1F. The molecule has 0 radical (unpaired) electrons. The molecule has 5 heteroatoms. The van der Waals surface area contributed by atoms with Crippen molar-refractivity contribution >= 4 is 21.6 Å². The molecule has 0 aromatic heterocycles. The molecule has 2 aromatic carbocycles. The van der Waals surface area contributed by atoms with Crippen molar-refractivity contribution in [3.05, 3.63) is 57.6 Å². The molecule has 104 valence electrons. The molecular weight excluding hydrogens is 328 g/mol. The molecule has 2 N–H and O–H groups in total. The van der Waals surface area contributed by atoms with Crippen molar-refractivity contribution in [2.24, 2.45) is 0 Å². The van der Waals surface area contributed by atoms with Crippen LogP contribution in [0.25, 0.3) is 0 Å². The maximum absolute atomic E-state index is 13.8. The zero-order valence-corrected chi connectivity index (χ0v) is 12.0. The van der Waals surface area contributed by atoms with Gasteiger partial charge in [-0.05, 0) is 48.2 Å². The molecule has 1 unspecified atom stereocenters. The van der Waals surface area contributed by atoms with Gasteiger partial charge < -0.3 is 10.4 Å². The minimum Gasteiger partial charge on any atom is -0.508 e. The van der Waals surface area contributed by atoms with Gasteiger partial charge in [-0.15, -0.1) is 0 Å². The number of aryl methyl sites for hydroxylation is 1. The maximum Gasteiger partial charge on any atom is 0.150 e. The van der Waals surface area contributed by atoms with Crippen LogP contribution in [0.5, 0.6) is 5.75 Å². The van der Waals surface area contributed by atoms with E-state index in [1.165, 1.54) is 12.1 Å². The molecule has 1 aliphatic rings.